The van der Waals surface area contributed by atoms with E-state index in [0.29, 0.717) is 6.54 Å². The highest BCUT2D eigenvalue weighted by Gasteiger charge is 2.22. The zero-order valence-corrected chi connectivity index (χ0v) is 17.8. The van der Waals surface area contributed by atoms with E-state index in [9.17, 15) is 4.79 Å². The second kappa shape index (κ2) is 13.0. The minimum atomic E-state index is -0.0710. The number of rotatable bonds is 10. The Labute approximate surface area is 173 Å². The highest BCUT2D eigenvalue weighted by atomic mass is 16.5. The molecule has 1 fully saturated rings. The first kappa shape index (κ1) is 23.0. The maximum absolute atomic E-state index is 12.2. The number of carbonyl (C=O) groups excluding carboxylic acids is 1. The molecule has 1 saturated heterocycles. The summed E-state index contributed by atoms with van der Waals surface area (Å²) in [5.41, 5.74) is 1.02. The first-order valence-corrected chi connectivity index (χ1v) is 10.1. The number of aliphatic imine (C=N–C) groups is 1. The third-order valence-corrected chi connectivity index (χ3v) is 4.86. The molecule has 0 aromatic heterocycles. The SMILES string of the molecule is CN=C(NCC(=O)NCc1ccc(OC)cc1)N1CCC(OCCCOC)CC1. The maximum Gasteiger partial charge on any atom is 0.239 e. The molecule has 0 aliphatic carbocycles. The van der Waals surface area contributed by atoms with Gasteiger partial charge in [-0.15, -0.1) is 0 Å². The van der Waals surface area contributed by atoms with Gasteiger partial charge in [0.25, 0.3) is 0 Å². The minimum absolute atomic E-state index is 0.0710. The van der Waals surface area contributed by atoms with Gasteiger partial charge in [-0.05, 0) is 37.0 Å². The summed E-state index contributed by atoms with van der Waals surface area (Å²) in [4.78, 5) is 18.6. The van der Waals surface area contributed by atoms with Crippen LogP contribution in [-0.4, -0.2) is 77.0 Å². The van der Waals surface area contributed by atoms with E-state index in [0.717, 1.165) is 62.8 Å². The zero-order valence-electron chi connectivity index (χ0n) is 17.8. The number of ether oxygens (including phenoxy) is 3. The smallest absolute Gasteiger partial charge is 0.239 e. The summed E-state index contributed by atoms with van der Waals surface area (Å²) in [5, 5.41) is 6.07. The first-order valence-electron chi connectivity index (χ1n) is 10.1. The number of benzene rings is 1. The molecule has 1 aliphatic rings. The fraction of sp³-hybridized carbons (Fsp3) is 0.619. The number of nitrogens with zero attached hydrogens (tertiary/aromatic N) is 2. The minimum Gasteiger partial charge on any atom is -0.497 e. The van der Waals surface area contributed by atoms with Crippen LogP contribution in [0.5, 0.6) is 5.75 Å². The summed E-state index contributed by atoms with van der Waals surface area (Å²) in [6.07, 6.45) is 3.12. The van der Waals surface area contributed by atoms with Crippen LogP contribution in [0.25, 0.3) is 0 Å². The van der Waals surface area contributed by atoms with E-state index in [1.165, 1.54) is 0 Å². The lowest BCUT2D eigenvalue weighted by Gasteiger charge is -2.34. The molecule has 162 valence electrons. The fourth-order valence-corrected chi connectivity index (χ4v) is 3.19. The predicted molar refractivity (Wildman–Crippen MR) is 113 cm³/mol. The number of amides is 1. The number of guanidine groups is 1. The van der Waals surface area contributed by atoms with E-state index in [4.69, 9.17) is 14.2 Å². The van der Waals surface area contributed by atoms with E-state index >= 15 is 0 Å². The third-order valence-electron chi connectivity index (χ3n) is 4.86. The van der Waals surface area contributed by atoms with Gasteiger partial charge < -0.3 is 29.7 Å². The quantitative estimate of drug-likeness (QED) is 0.347. The molecule has 1 heterocycles. The van der Waals surface area contributed by atoms with Gasteiger partial charge in [-0.3, -0.25) is 9.79 Å². The molecular formula is C21H34N4O4. The molecular weight excluding hydrogens is 372 g/mol. The molecule has 8 nitrogen and oxygen atoms in total. The van der Waals surface area contributed by atoms with Crippen molar-refractivity contribution in [3.8, 4) is 5.75 Å². The number of methoxy groups -OCH3 is 2. The Kier molecular flexibility index (Phi) is 10.3. The molecule has 2 N–H and O–H groups in total. The van der Waals surface area contributed by atoms with Crippen molar-refractivity contribution in [2.24, 2.45) is 4.99 Å². The van der Waals surface area contributed by atoms with E-state index in [1.54, 1.807) is 21.3 Å². The molecule has 0 atom stereocenters. The second-order valence-corrected chi connectivity index (χ2v) is 6.93. The number of piperidine rings is 1. The van der Waals surface area contributed by atoms with Gasteiger partial charge in [-0.25, -0.2) is 0 Å². The van der Waals surface area contributed by atoms with Gasteiger partial charge in [-0.2, -0.15) is 0 Å². The molecule has 0 unspecified atom stereocenters. The third kappa shape index (κ3) is 8.29. The van der Waals surface area contributed by atoms with E-state index in [-0.39, 0.29) is 18.6 Å². The highest BCUT2D eigenvalue weighted by molar-refractivity contribution is 5.86. The van der Waals surface area contributed by atoms with Crippen molar-refractivity contribution in [3.63, 3.8) is 0 Å². The van der Waals surface area contributed by atoms with Crippen LogP contribution in [0.2, 0.25) is 0 Å². The number of likely N-dealkylation sites (tertiary alicyclic amines) is 1. The summed E-state index contributed by atoms with van der Waals surface area (Å²) in [5.74, 6) is 1.48. The number of nitrogens with one attached hydrogen (secondary N) is 2. The average molecular weight is 407 g/mol. The maximum atomic E-state index is 12.2. The van der Waals surface area contributed by atoms with Gasteiger partial charge in [-0.1, -0.05) is 12.1 Å². The largest absolute Gasteiger partial charge is 0.497 e. The normalized spacial score (nSPS) is 15.3. The van der Waals surface area contributed by atoms with Crippen molar-refractivity contribution in [2.75, 3.05) is 54.1 Å². The Balaban J connectivity index is 1.65. The second-order valence-electron chi connectivity index (χ2n) is 6.93. The predicted octanol–water partition coefficient (Wildman–Crippen LogP) is 1.40. The van der Waals surface area contributed by atoms with Crippen molar-refractivity contribution >= 4 is 11.9 Å². The van der Waals surface area contributed by atoms with E-state index in [1.807, 2.05) is 24.3 Å². The number of hydrogen-bond acceptors (Lipinski definition) is 5. The molecule has 1 aromatic carbocycles. The molecule has 0 bridgehead atoms. The van der Waals surface area contributed by atoms with Crippen LogP contribution < -0.4 is 15.4 Å². The molecule has 1 aliphatic heterocycles. The van der Waals surface area contributed by atoms with Gasteiger partial charge in [0.15, 0.2) is 5.96 Å². The van der Waals surface area contributed by atoms with Crippen LogP contribution >= 0.6 is 0 Å². The summed E-state index contributed by atoms with van der Waals surface area (Å²) < 4.78 is 16.1. The Morgan fingerprint density at radius 1 is 1.14 bits per heavy atom. The Hall–Kier alpha value is -2.32. The molecule has 0 spiro atoms. The van der Waals surface area contributed by atoms with Gasteiger partial charge >= 0.3 is 0 Å². The Bertz CT molecular complexity index is 628. The highest BCUT2D eigenvalue weighted by Crippen LogP contribution is 2.14. The van der Waals surface area contributed by atoms with Gasteiger partial charge in [0, 0.05) is 47.0 Å². The lowest BCUT2D eigenvalue weighted by molar-refractivity contribution is -0.120. The Morgan fingerprint density at radius 3 is 2.48 bits per heavy atom. The topological polar surface area (TPSA) is 84.4 Å². The average Bonchev–Trinajstić information content (AvgIpc) is 2.77. The molecule has 2 rings (SSSR count). The monoisotopic (exact) mass is 406 g/mol. The molecule has 0 radical (unpaired) electrons. The zero-order chi connectivity index (χ0) is 20.9. The first-order chi connectivity index (χ1) is 14.2. The summed E-state index contributed by atoms with van der Waals surface area (Å²) in [7, 11) is 5.08. The standard InChI is InChI=1S/C21H34N4O4/c1-22-21(25-11-9-19(10-12-25)29-14-4-13-27-2)24-16-20(26)23-15-17-5-7-18(28-3)8-6-17/h5-8,19H,4,9-16H2,1-3H3,(H,22,24)(H,23,26). The number of carbonyl (C=O) groups is 1. The van der Waals surface area contributed by atoms with Crippen LogP contribution in [-0.2, 0) is 20.8 Å². The molecule has 1 amide bonds. The lowest BCUT2D eigenvalue weighted by Crippen LogP contribution is -2.49. The van der Waals surface area contributed by atoms with Gasteiger partial charge in [0.1, 0.15) is 5.75 Å². The van der Waals surface area contributed by atoms with Crippen molar-refractivity contribution in [1.82, 2.24) is 15.5 Å². The Morgan fingerprint density at radius 2 is 1.86 bits per heavy atom. The van der Waals surface area contributed by atoms with Crippen LogP contribution in [0.1, 0.15) is 24.8 Å². The fourth-order valence-electron chi connectivity index (χ4n) is 3.19. The van der Waals surface area contributed by atoms with Crippen LogP contribution in [0.4, 0.5) is 0 Å². The van der Waals surface area contributed by atoms with Crippen molar-refractivity contribution < 1.29 is 19.0 Å². The van der Waals surface area contributed by atoms with Crippen LogP contribution in [0.3, 0.4) is 0 Å². The van der Waals surface area contributed by atoms with E-state index < -0.39 is 0 Å². The molecule has 29 heavy (non-hydrogen) atoms. The summed E-state index contributed by atoms with van der Waals surface area (Å²) in [6.45, 7) is 3.87. The van der Waals surface area contributed by atoms with Gasteiger partial charge in [0.2, 0.25) is 5.91 Å². The van der Waals surface area contributed by atoms with Crippen molar-refractivity contribution in [1.29, 1.82) is 0 Å². The van der Waals surface area contributed by atoms with Gasteiger partial charge in [0.05, 0.1) is 19.8 Å². The van der Waals surface area contributed by atoms with Crippen LogP contribution in [0.15, 0.2) is 29.3 Å². The lowest BCUT2D eigenvalue weighted by atomic mass is 10.1. The number of hydrogen-bond donors (Lipinski definition) is 2. The summed E-state index contributed by atoms with van der Waals surface area (Å²) >= 11 is 0. The molecule has 1 aromatic rings. The van der Waals surface area contributed by atoms with Crippen molar-refractivity contribution in [2.45, 2.75) is 31.9 Å². The molecule has 8 heteroatoms. The van der Waals surface area contributed by atoms with Crippen molar-refractivity contribution in [3.05, 3.63) is 29.8 Å². The van der Waals surface area contributed by atoms with E-state index in [2.05, 4.69) is 20.5 Å². The molecule has 0 saturated carbocycles. The van der Waals surface area contributed by atoms with Crippen LogP contribution in [0, 0.1) is 0 Å². The summed E-state index contributed by atoms with van der Waals surface area (Å²) in [6, 6.07) is 7.64.